The summed E-state index contributed by atoms with van der Waals surface area (Å²) in [6.45, 7) is 0.581. The Bertz CT molecular complexity index is 832. The minimum absolute atomic E-state index is 0.278. The van der Waals surface area contributed by atoms with Gasteiger partial charge in [-0.2, -0.15) is 0 Å². The number of carboxylic acids is 2. The summed E-state index contributed by atoms with van der Waals surface area (Å²) in [5, 5.41) is 16.7. The van der Waals surface area contributed by atoms with Crippen molar-refractivity contribution in [2.75, 3.05) is 20.2 Å². The highest BCUT2D eigenvalue weighted by Gasteiger charge is 2.08. The highest BCUT2D eigenvalue weighted by molar-refractivity contribution is 6.36. The van der Waals surface area contributed by atoms with Crippen LogP contribution in [-0.4, -0.2) is 54.7 Å². The van der Waals surface area contributed by atoms with Crippen LogP contribution >= 0.6 is 23.2 Å². The summed E-state index contributed by atoms with van der Waals surface area (Å²) in [5.41, 5.74) is 21.6. The molecule has 0 radical (unpaired) electrons. The van der Waals surface area contributed by atoms with Crippen molar-refractivity contribution in [1.29, 1.82) is 0 Å². The Hall–Kier alpha value is -2.73. The number of benzene rings is 2. The largest absolute Gasteiger partial charge is 0.496 e. The molecule has 0 saturated carbocycles. The van der Waals surface area contributed by atoms with E-state index in [-0.39, 0.29) is 6.54 Å². The van der Waals surface area contributed by atoms with Gasteiger partial charge in [0.05, 0.1) is 18.7 Å². The first-order valence-electron chi connectivity index (χ1n) is 9.40. The minimum atomic E-state index is -0.990. The Kier molecular flexibility index (Phi) is 19.6. The smallest absolute Gasteiger partial charge is 0.320 e. The lowest BCUT2D eigenvalue weighted by Crippen LogP contribution is -2.32. The van der Waals surface area contributed by atoms with Crippen molar-refractivity contribution in [3.8, 4) is 5.75 Å². The Morgan fingerprint density at radius 3 is 2.00 bits per heavy atom. The first-order chi connectivity index (χ1) is 15.6. The van der Waals surface area contributed by atoms with Crippen molar-refractivity contribution in [1.82, 2.24) is 0 Å². The molecule has 0 aromatic heterocycles. The zero-order chi connectivity index (χ0) is 25.8. The van der Waals surface area contributed by atoms with E-state index in [2.05, 4.69) is 5.73 Å². The average molecular weight is 505 g/mol. The summed E-state index contributed by atoms with van der Waals surface area (Å²) < 4.78 is 5.06. The van der Waals surface area contributed by atoms with Crippen LogP contribution in [0.1, 0.15) is 22.3 Å². The molecule has 10 N–H and O–H groups in total. The molecule has 0 aliphatic heterocycles. The number of aliphatic carboxylic acids is 2. The van der Waals surface area contributed by atoms with Crippen LogP contribution in [0.5, 0.6) is 5.75 Å². The fraction of sp³-hybridized carbons (Fsp3) is 0.286. The predicted molar refractivity (Wildman–Crippen MR) is 129 cm³/mol. The van der Waals surface area contributed by atoms with Gasteiger partial charge in [0.15, 0.2) is 6.29 Å². The molecular formula is C21H30Cl2N4O6. The molecule has 0 spiro atoms. The standard InChI is InChI=1S/C8H11NO.C7H4Cl2O.C4H10N2O2.C2H5NO2/c1-10-8-5-3-2-4-7(8)6-9;8-6-2-1-5(4-10)7(9)3-6;5-2-1-3(6)4(7)8;3-1-2(4)5/h2-5H,6,9H2,1H3;1-4H;3H,1-2,5-6H2,(H,7,8);1,3H2,(H,4,5)/t;;3-;/m..0./s1. The molecule has 0 heterocycles. The van der Waals surface area contributed by atoms with E-state index in [0.29, 0.717) is 41.4 Å². The fourth-order valence-electron chi connectivity index (χ4n) is 1.77. The molecule has 0 unspecified atom stereocenters. The van der Waals surface area contributed by atoms with Crippen LogP contribution in [0.4, 0.5) is 0 Å². The van der Waals surface area contributed by atoms with Crippen molar-refractivity contribution in [2.24, 2.45) is 22.9 Å². The minimum Gasteiger partial charge on any atom is -0.496 e. The van der Waals surface area contributed by atoms with Gasteiger partial charge in [-0.05, 0) is 37.2 Å². The van der Waals surface area contributed by atoms with Crippen molar-refractivity contribution >= 4 is 41.4 Å². The molecule has 0 fully saturated rings. The maximum absolute atomic E-state index is 10.2. The Balaban J connectivity index is 0. The number of rotatable bonds is 7. The van der Waals surface area contributed by atoms with Crippen molar-refractivity contribution < 1.29 is 29.3 Å². The van der Waals surface area contributed by atoms with Gasteiger partial charge >= 0.3 is 11.9 Å². The van der Waals surface area contributed by atoms with Crippen LogP contribution in [0, 0.1) is 0 Å². The van der Waals surface area contributed by atoms with Crippen LogP contribution in [-0.2, 0) is 16.1 Å². The molecule has 2 aromatic carbocycles. The topological polar surface area (TPSA) is 205 Å². The molecule has 0 amide bonds. The Morgan fingerprint density at radius 1 is 1.09 bits per heavy atom. The molecule has 10 nitrogen and oxygen atoms in total. The molecule has 12 heteroatoms. The van der Waals surface area contributed by atoms with Crippen LogP contribution in [0.3, 0.4) is 0 Å². The summed E-state index contributed by atoms with van der Waals surface area (Å²) in [7, 11) is 1.65. The van der Waals surface area contributed by atoms with E-state index in [4.69, 9.17) is 55.4 Å². The van der Waals surface area contributed by atoms with E-state index < -0.39 is 18.0 Å². The average Bonchev–Trinajstić information content (AvgIpc) is 2.80. The molecule has 0 aliphatic rings. The molecule has 2 rings (SSSR count). The number of aldehydes is 1. The molecule has 2 aromatic rings. The van der Waals surface area contributed by atoms with E-state index in [1.807, 2.05) is 24.3 Å². The maximum Gasteiger partial charge on any atom is 0.320 e. The van der Waals surface area contributed by atoms with Crippen LogP contribution in [0.25, 0.3) is 0 Å². The highest BCUT2D eigenvalue weighted by atomic mass is 35.5. The van der Waals surface area contributed by atoms with E-state index in [9.17, 15) is 14.4 Å². The monoisotopic (exact) mass is 504 g/mol. The third-order valence-electron chi connectivity index (χ3n) is 3.47. The third kappa shape index (κ3) is 16.5. The van der Waals surface area contributed by atoms with E-state index >= 15 is 0 Å². The van der Waals surface area contributed by atoms with Gasteiger partial charge in [0, 0.05) is 22.7 Å². The molecule has 33 heavy (non-hydrogen) atoms. The Morgan fingerprint density at radius 2 is 1.67 bits per heavy atom. The number of nitrogens with two attached hydrogens (primary N) is 4. The summed E-state index contributed by atoms with van der Waals surface area (Å²) in [6, 6.07) is 11.7. The number of hydrogen-bond donors (Lipinski definition) is 6. The fourth-order valence-corrected chi connectivity index (χ4v) is 2.22. The van der Waals surface area contributed by atoms with Crippen molar-refractivity contribution in [3.05, 3.63) is 63.6 Å². The van der Waals surface area contributed by atoms with Gasteiger partial charge in [-0.1, -0.05) is 41.4 Å². The van der Waals surface area contributed by atoms with Gasteiger partial charge < -0.3 is 37.9 Å². The summed E-state index contributed by atoms with van der Waals surface area (Å²) in [6.07, 6.45) is 1.04. The second-order valence-electron chi connectivity index (χ2n) is 5.92. The number of para-hydroxylation sites is 1. The molecule has 1 atom stereocenters. The molecule has 0 aliphatic carbocycles. The van der Waals surface area contributed by atoms with E-state index in [0.717, 1.165) is 11.3 Å². The third-order valence-corrected chi connectivity index (χ3v) is 4.03. The zero-order valence-electron chi connectivity index (χ0n) is 18.1. The summed E-state index contributed by atoms with van der Waals surface area (Å²) in [5.74, 6) is -1.09. The van der Waals surface area contributed by atoms with Crippen LogP contribution < -0.4 is 27.7 Å². The zero-order valence-corrected chi connectivity index (χ0v) is 19.6. The number of methoxy groups -OCH3 is 1. The van der Waals surface area contributed by atoms with Gasteiger partial charge in [-0.3, -0.25) is 14.4 Å². The number of carboxylic acid groups (broad SMARTS) is 2. The Labute approximate surface area is 202 Å². The molecule has 0 saturated heterocycles. The van der Waals surface area contributed by atoms with Gasteiger partial charge in [-0.25, -0.2) is 0 Å². The lowest BCUT2D eigenvalue weighted by atomic mass is 10.2. The maximum atomic E-state index is 10.2. The van der Waals surface area contributed by atoms with E-state index in [1.165, 1.54) is 6.07 Å². The quantitative estimate of drug-likeness (QED) is 0.301. The number of halogens is 2. The van der Waals surface area contributed by atoms with E-state index in [1.54, 1.807) is 19.2 Å². The number of carbonyl (C=O) groups is 3. The second-order valence-corrected chi connectivity index (χ2v) is 6.76. The van der Waals surface area contributed by atoms with Gasteiger partial charge in [-0.15, -0.1) is 0 Å². The summed E-state index contributed by atoms with van der Waals surface area (Å²) in [4.78, 5) is 29.4. The molecule has 184 valence electrons. The first-order valence-corrected chi connectivity index (χ1v) is 10.2. The van der Waals surface area contributed by atoms with Gasteiger partial charge in [0.2, 0.25) is 0 Å². The first kappa shape index (κ1) is 32.4. The number of hydrogen-bond acceptors (Lipinski definition) is 8. The van der Waals surface area contributed by atoms with Crippen LogP contribution in [0.15, 0.2) is 42.5 Å². The second kappa shape index (κ2) is 19.9. The highest BCUT2D eigenvalue weighted by Crippen LogP contribution is 2.19. The predicted octanol–water partition coefficient (Wildman–Crippen LogP) is 1.74. The SMILES string of the molecule is COc1ccccc1CN.NCC(=O)O.NCC[C@H](N)C(=O)O.O=Cc1ccc(Cl)cc1Cl. The summed E-state index contributed by atoms with van der Waals surface area (Å²) >= 11 is 11.2. The van der Waals surface area contributed by atoms with Gasteiger partial charge in [0.1, 0.15) is 11.8 Å². The lowest BCUT2D eigenvalue weighted by Gasteiger charge is -2.03. The molecule has 0 bridgehead atoms. The molecular weight excluding hydrogens is 475 g/mol. The van der Waals surface area contributed by atoms with Gasteiger partial charge in [0.25, 0.3) is 0 Å². The normalized spacial score (nSPS) is 10.0. The number of carbonyl (C=O) groups excluding carboxylic acids is 1. The number of ether oxygens (including phenoxy) is 1. The lowest BCUT2D eigenvalue weighted by molar-refractivity contribution is -0.138. The van der Waals surface area contributed by atoms with Crippen molar-refractivity contribution in [2.45, 2.75) is 19.0 Å². The van der Waals surface area contributed by atoms with Crippen molar-refractivity contribution in [3.63, 3.8) is 0 Å². The van der Waals surface area contributed by atoms with Crippen LogP contribution in [0.2, 0.25) is 10.0 Å².